The summed E-state index contributed by atoms with van der Waals surface area (Å²) in [5.74, 6) is 0.553. The van der Waals surface area contributed by atoms with E-state index in [2.05, 4.69) is 0 Å². The van der Waals surface area contributed by atoms with Crippen LogP contribution in [0.3, 0.4) is 0 Å². The molecule has 1 aromatic carbocycles. The number of carbonyl (C=O) groups excluding carboxylic acids is 1. The van der Waals surface area contributed by atoms with Gasteiger partial charge in [0.25, 0.3) is 0 Å². The number of carbonyl (C=O) groups is 1. The Kier molecular flexibility index (Phi) is 4.17. The van der Waals surface area contributed by atoms with E-state index in [1.54, 1.807) is 7.11 Å². The highest BCUT2D eigenvalue weighted by molar-refractivity contribution is 5.71. The van der Waals surface area contributed by atoms with Gasteiger partial charge in [0.2, 0.25) is 0 Å². The number of likely N-dealkylation sites (tertiary alicyclic amines) is 1. The van der Waals surface area contributed by atoms with Crippen LogP contribution in [-0.2, 0) is 16.1 Å². The number of ether oxygens (including phenoxy) is 2. The Balaban J connectivity index is 1.74. The molecule has 0 saturated carbocycles. The fraction of sp³-hybridized carbons (Fsp3) is 0.462. The van der Waals surface area contributed by atoms with Gasteiger partial charge in [0, 0.05) is 6.54 Å². The van der Waals surface area contributed by atoms with E-state index in [4.69, 9.17) is 15.2 Å². The van der Waals surface area contributed by atoms with E-state index in [-0.39, 0.29) is 25.3 Å². The van der Waals surface area contributed by atoms with Crippen molar-refractivity contribution in [3.63, 3.8) is 0 Å². The summed E-state index contributed by atoms with van der Waals surface area (Å²) in [5, 5.41) is 0. The van der Waals surface area contributed by atoms with Crippen molar-refractivity contribution < 1.29 is 14.3 Å². The first-order chi connectivity index (χ1) is 8.69. The second-order valence-corrected chi connectivity index (χ2v) is 4.34. The summed E-state index contributed by atoms with van der Waals surface area (Å²) >= 11 is 0. The second kappa shape index (κ2) is 5.84. The molecule has 0 bridgehead atoms. The van der Waals surface area contributed by atoms with Crippen molar-refractivity contribution in [1.29, 1.82) is 0 Å². The maximum absolute atomic E-state index is 11.5. The van der Waals surface area contributed by atoms with Gasteiger partial charge in [-0.1, -0.05) is 12.1 Å². The van der Waals surface area contributed by atoms with Gasteiger partial charge in [-0.2, -0.15) is 0 Å². The van der Waals surface area contributed by atoms with Crippen LogP contribution >= 0.6 is 0 Å². The molecule has 0 amide bonds. The Morgan fingerprint density at radius 2 is 2.17 bits per heavy atom. The molecule has 5 heteroatoms. The normalized spacial score (nSPS) is 19.1. The van der Waals surface area contributed by atoms with Crippen LogP contribution in [0, 0.1) is 0 Å². The first-order valence-electron chi connectivity index (χ1n) is 5.97. The lowest BCUT2D eigenvalue weighted by Gasteiger charge is -2.37. The molecule has 0 radical (unpaired) electrons. The summed E-state index contributed by atoms with van der Waals surface area (Å²) in [5.41, 5.74) is 6.66. The van der Waals surface area contributed by atoms with Gasteiger partial charge in [-0.05, 0) is 24.1 Å². The molecule has 0 aliphatic carbocycles. The van der Waals surface area contributed by atoms with E-state index >= 15 is 0 Å². The largest absolute Gasteiger partial charge is 0.497 e. The Labute approximate surface area is 106 Å². The number of hydrogen-bond donors (Lipinski definition) is 1. The quantitative estimate of drug-likeness (QED) is 0.780. The predicted molar refractivity (Wildman–Crippen MR) is 67.0 cm³/mol. The molecular formula is C13H18N2O3. The number of esters is 1. The van der Waals surface area contributed by atoms with Crippen LogP contribution in [0.5, 0.6) is 5.75 Å². The monoisotopic (exact) mass is 250 g/mol. The summed E-state index contributed by atoms with van der Waals surface area (Å²) in [6.45, 7) is 1.43. The number of nitrogens with zero attached hydrogens (tertiary/aromatic N) is 1. The van der Waals surface area contributed by atoms with Gasteiger partial charge in [-0.25, -0.2) is 0 Å². The van der Waals surface area contributed by atoms with Gasteiger partial charge in [0.15, 0.2) is 0 Å². The summed E-state index contributed by atoms with van der Waals surface area (Å²) in [4.78, 5) is 13.4. The number of hydrogen-bond acceptors (Lipinski definition) is 5. The molecule has 18 heavy (non-hydrogen) atoms. The van der Waals surface area contributed by atoms with Gasteiger partial charge >= 0.3 is 5.97 Å². The molecule has 1 aromatic rings. The van der Waals surface area contributed by atoms with Gasteiger partial charge in [-0.15, -0.1) is 0 Å². The zero-order chi connectivity index (χ0) is 13.0. The number of benzene rings is 1. The highest BCUT2D eigenvalue weighted by Crippen LogP contribution is 2.13. The fourth-order valence-corrected chi connectivity index (χ4v) is 1.75. The molecule has 0 spiro atoms. The van der Waals surface area contributed by atoms with E-state index in [1.165, 1.54) is 0 Å². The fourth-order valence-electron chi connectivity index (χ4n) is 1.75. The lowest BCUT2D eigenvalue weighted by molar-refractivity contribution is -0.148. The molecule has 0 aromatic heterocycles. The zero-order valence-electron chi connectivity index (χ0n) is 10.5. The lowest BCUT2D eigenvalue weighted by atomic mass is 10.1. The Bertz CT molecular complexity index is 405. The number of methoxy groups -OCH3 is 1. The van der Waals surface area contributed by atoms with Crippen LogP contribution in [0.25, 0.3) is 0 Å². The Morgan fingerprint density at radius 1 is 1.44 bits per heavy atom. The van der Waals surface area contributed by atoms with Crippen LogP contribution in [0.1, 0.15) is 12.0 Å². The van der Waals surface area contributed by atoms with Gasteiger partial charge in [-0.3, -0.25) is 9.69 Å². The van der Waals surface area contributed by atoms with Crippen molar-refractivity contribution in [3.8, 4) is 5.75 Å². The average molecular weight is 250 g/mol. The zero-order valence-corrected chi connectivity index (χ0v) is 10.5. The third kappa shape index (κ3) is 3.21. The molecule has 5 nitrogen and oxygen atoms in total. The van der Waals surface area contributed by atoms with Crippen molar-refractivity contribution >= 4 is 5.97 Å². The molecule has 98 valence electrons. The molecule has 1 heterocycles. The summed E-state index contributed by atoms with van der Waals surface area (Å²) in [7, 11) is 1.62. The van der Waals surface area contributed by atoms with Crippen LogP contribution in [0.15, 0.2) is 24.3 Å². The molecular weight excluding hydrogens is 232 g/mol. The van der Waals surface area contributed by atoms with E-state index in [0.29, 0.717) is 0 Å². The first-order valence-corrected chi connectivity index (χ1v) is 5.97. The van der Waals surface area contributed by atoms with Crippen molar-refractivity contribution in [1.82, 2.24) is 4.90 Å². The van der Waals surface area contributed by atoms with Crippen LogP contribution < -0.4 is 10.5 Å². The summed E-state index contributed by atoms with van der Waals surface area (Å²) in [6.07, 6.45) is 0.963. The van der Waals surface area contributed by atoms with E-state index in [9.17, 15) is 4.79 Å². The van der Waals surface area contributed by atoms with Gasteiger partial charge in [0.1, 0.15) is 12.4 Å². The molecule has 1 aliphatic heterocycles. The average Bonchev–Trinajstić information content (AvgIpc) is 2.41. The molecule has 1 unspecified atom stereocenters. The molecule has 2 N–H and O–H groups in total. The van der Waals surface area contributed by atoms with E-state index in [0.717, 1.165) is 24.3 Å². The van der Waals surface area contributed by atoms with Crippen molar-refractivity contribution in [3.05, 3.63) is 29.8 Å². The minimum absolute atomic E-state index is 0.0125. The SMILES string of the molecule is COc1ccc(COC(=O)CN2CCC2N)cc1. The van der Waals surface area contributed by atoms with Crippen LogP contribution in [-0.4, -0.2) is 37.2 Å². The van der Waals surface area contributed by atoms with Crippen molar-refractivity contribution in [2.75, 3.05) is 20.2 Å². The van der Waals surface area contributed by atoms with E-state index < -0.39 is 0 Å². The van der Waals surface area contributed by atoms with Gasteiger partial charge in [0.05, 0.1) is 19.8 Å². The number of nitrogens with two attached hydrogens (primary N) is 1. The maximum Gasteiger partial charge on any atom is 0.320 e. The molecule has 2 rings (SSSR count). The minimum Gasteiger partial charge on any atom is -0.497 e. The summed E-state index contributed by atoms with van der Waals surface area (Å²) in [6, 6.07) is 7.44. The third-order valence-electron chi connectivity index (χ3n) is 3.07. The Morgan fingerprint density at radius 3 is 2.67 bits per heavy atom. The smallest absolute Gasteiger partial charge is 0.320 e. The minimum atomic E-state index is -0.235. The third-order valence-corrected chi connectivity index (χ3v) is 3.07. The molecule has 1 saturated heterocycles. The standard InChI is InChI=1S/C13H18N2O3/c1-17-11-4-2-10(3-5-11)9-18-13(16)8-15-7-6-12(15)14/h2-5,12H,6-9,14H2,1H3. The predicted octanol–water partition coefficient (Wildman–Crippen LogP) is 0.729. The highest BCUT2D eigenvalue weighted by atomic mass is 16.5. The molecule has 1 aliphatic rings. The Hall–Kier alpha value is -1.59. The van der Waals surface area contributed by atoms with Crippen molar-refractivity contribution in [2.45, 2.75) is 19.2 Å². The van der Waals surface area contributed by atoms with E-state index in [1.807, 2.05) is 29.2 Å². The summed E-state index contributed by atoms with van der Waals surface area (Å²) < 4.78 is 10.2. The highest BCUT2D eigenvalue weighted by Gasteiger charge is 2.26. The first kappa shape index (κ1) is 12.9. The van der Waals surface area contributed by atoms with Gasteiger partial charge < -0.3 is 15.2 Å². The van der Waals surface area contributed by atoms with Crippen LogP contribution in [0.2, 0.25) is 0 Å². The van der Waals surface area contributed by atoms with Crippen molar-refractivity contribution in [2.24, 2.45) is 5.73 Å². The maximum atomic E-state index is 11.5. The number of rotatable bonds is 5. The lowest BCUT2D eigenvalue weighted by Crippen LogP contribution is -2.55. The molecule has 1 fully saturated rings. The second-order valence-electron chi connectivity index (χ2n) is 4.34. The molecule has 1 atom stereocenters. The topological polar surface area (TPSA) is 64.8 Å². The van der Waals surface area contributed by atoms with Crippen LogP contribution in [0.4, 0.5) is 0 Å².